The Bertz CT molecular complexity index is 992. The summed E-state index contributed by atoms with van der Waals surface area (Å²) in [6.07, 6.45) is 5.85. The molecule has 2 rings (SSSR count). The molecule has 0 bridgehead atoms. The van der Waals surface area contributed by atoms with Gasteiger partial charge in [-0.1, -0.05) is 19.2 Å². The highest BCUT2D eigenvalue weighted by Crippen LogP contribution is 2.39. The van der Waals surface area contributed by atoms with Gasteiger partial charge in [0, 0.05) is 47.5 Å². The summed E-state index contributed by atoms with van der Waals surface area (Å²) in [5, 5.41) is 3.84. The number of halogens is 2. The first-order valence-electron chi connectivity index (χ1n) is 8.10. The SMILES string of the molecule is C=C(/C=C\C(F)=C/C)c1oc2cc(N(C)S(C)=O)c(Br)cc2c1C(=C)NC. The summed E-state index contributed by atoms with van der Waals surface area (Å²) in [5.74, 6) is 0.132. The minimum absolute atomic E-state index is 0.363. The molecule has 0 fully saturated rings. The van der Waals surface area contributed by atoms with Crippen molar-refractivity contribution in [3.63, 3.8) is 0 Å². The average molecular weight is 453 g/mol. The van der Waals surface area contributed by atoms with Gasteiger partial charge in [-0.3, -0.25) is 4.31 Å². The van der Waals surface area contributed by atoms with Crippen LogP contribution in [0.3, 0.4) is 0 Å². The minimum atomic E-state index is -1.19. The van der Waals surface area contributed by atoms with Gasteiger partial charge in [0.1, 0.15) is 28.2 Å². The van der Waals surface area contributed by atoms with Crippen LogP contribution in [-0.4, -0.2) is 24.6 Å². The average Bonchev–Trinajstić information content (AvgIpc) is 3.01. The van der Waals surface area contributed by atoms with E-state index in [9.17, 15) is 8.60 Å². The maximum Gasteiger partial charge on any atom is 0.144 e. The first-order chi connectivity index (χ1) is 12.7. The van der Waals surface area contributed by atoms with E-state index in [1.807, 2.05) is 6.07 Å². The predicted molar refractivity (Wildman–Crippen MR) is 118 cm³/mol. The molecule has 1 aromatic carbocycles. The molecule has 1 atom stereocenters. The van der Waals surface area contributed by atoms with E-state index >= 15 is 0 Å². The lowest BCUT2D eigenvalue weighted by Gasteiger charge is -2.17. The lowest BCUT2D eigenvalue weighted by molar-refractivity contribution is 0.599. The molecule has 0 saturated carbocycles. The number of nitrogens with zero attached hydrogens (tertiary/aromatic N) is 1. The van der Waals surface area contributed by atoms with Crippen molar-refractivity contribution in [3.05, 3.63) is 65.1 Å². The zero-order chi connectivity index (χ0) is 20.3. The quantitative estimate of drug-likeness (QED) is 0.559. The van der Waals surface area contributed by atoms with Gasteiger partial charge >= 0.3 is 0 Å². The molecule has 0 aliphatic rings. The molecule has 1 aromatic heterocycles. The number of nitrogens with one attached hydrogen (secondary N) is 1. The number of furan rings is 1. The van der Waals surface area contributed by atoms with E-state index in [2.05, 4.69) is 34.4 Å². The maximum absolute atomic E-state index is 13.4. The van der Waals surface area contributed by atoms with Crippen molar-refractivity contribution in [2.24, 2.45) is 0 Å². The van der Waals surface area contributed by atoms with Crippen LogP contribution in [0, 0.1) is 0 Å². The summed E-state index contributed by atoms with van der Waals surface area (Å²) in [6, 6.07) is 3.70. The maximum atomic E-state index is 13.4. The Kier molecular flexibility index (Phi) is 6.84. The number of hydrogen-bond donors (Lipinski definition) is 1. The van der Waals surface area contributed by atoms with Gasteiger partial charge in [0.15, 0.2) is 0 Å². The molecule has 4 nitrogen and oxygen atoms in total. The number of benzene rings is 1. The highest BCUT2D eigenvalue weighted by Gasteiger charge is 2.21. The van der Waals surface area contributed by atoms with E-state index in [4.69, 9.17) is 4.42 Å². The number of allylic oxidation sites excluding steroid dienone is 5. The lowest BCUT2D eigenvalue weighted by atomic mass is 10.0. The van der Waals surface area contributed by atoms with E-state index in [1.165, 1.54) is 12.2 Å². The minimum Gasteiger partial charge on any atom is -0.455 e. The Balaban J connectivity index is 2.70. The molecule has 27 heavy (non-hydrogen) atoms. The summed E-state index contributed by atoms with van der Waals surface area (Å²) in [5.41, 5.74) is 3.23. The topological polar surface area (TPSA) is 45.5 Å². The second-order valence-electron chi connectivity index (χ2n) is 5.79. The van der Waals surface area contributed by atoms with Crippen LogP contribution in [0.2, 0.25) is 0 Å². The lowest BCUT2D eigenvalue weighted by Crippen LogP contribution is -2.19. The van der Waals surface area contributed by atoms with Crippen molar-refractivity contribution in [1.29, 1.82) is 0 Å². The molecule has 0 aliphatic carbocycles. The van der Waals surface area contributed by atoms with Gasteiger partial charge in [0.2, 0.25) is 0 Å². The van der Waals surface area contributed by atoms with E-state index in [1.54, 1.807) is 43.7 Å². The number of hydrogen-bond acceptors (Lipinski definition) is 3. The normalized spacial score (nSPS) is 13.2. The molecule has 0 amide bonds. The van der Waals surface area contributed by atoms with Crippen LogP contribution < -0.4 is 9.62 Å². The van der Waals surface area contributed by atoms with E-state index < -0.39 is 11.0 Å². The molecule has 0 saturated heterocycles. The third-order valence-corrected chi connectivity index (χ3v) is 5.70. The zero-order valence-electron chi connectivity index (χ0n) is 15.7. The highest BCUT2D eigenvalue weighted by molar-refractivity contribution is 9.10. The first-order valence-corrected chi connectivity index (χ1v) is 10.4. The zero-order valence-corrected chi connectivity index (χ0v) is 18.1. The van der Waals surface area contributed by atoms with Crippen molar-refractivity contribution in [1.82, 2.24) is 5.32 Å². The van der Waals surface area contributed by atoms with Crippen LogP contribution in [-0.2, 0) is 11.0 Å². The summed E-state index contributed by atoms with van der Waals surface area (Å²) in [6.45, 7) is 9.65. The standard InChI is InChI=1S/C20H22BrFN2O2S/c1-7-14(22)9-8-12(2)20-19(13(3)23-4)15-10-16(21)17(11-18(15)26-20)24(5)27(6)25/h7-11,23H,2-3H2,1,4-6H3/b9-8-,14-7+. The van der Waals surface area contributed by atoms with Crippen LogP contribution in [0.1, 0.15) is 18.2 Å². The van der Waals surface area contributed by atoms with Crippen molar-refractivity contribution in [3.8, 4) is 0 Å². The highest BCUT2D eigenvalue weighted by atomic mass is 79.9. The van der Waals surface area contributed by atoms with Gasteiger partial charge < -0.3 is 9.73 Å². The summed E-state index contributed by atoms with van der Waals surface area (Å²) < 4.78 is 33.7. The Morgan fingerprint density at radius 1 is 1.37 bits per heavy atom. The fourth-order valence-corrected chi connectivity index (χ4v) is 3.64. The summed E-state index contributed by atoms with van der Waals surface area (Å²) in [4.78, 5) is 0. The number of fused-ring (bicyclic) bond motifs is 1. The molecule has 144 valence electrons. The van der Waals surface area contributed by atoms with Crippen LogP contribution in [0.5, 0.6) is 0 Å². The van der Waals surface area contributed by atoms with E-state index in [0.717, 1.165) is 21.1 Å². The van der Waals surface area contributed by atoms with E-state index in [-0.39, 0.29) is 5.83 Å². The Morgan fingerprint density at radius 2 is 2.04 bits per heavy atom. The molecule has 7 heteroatoms. The Hall–Kier alpha value is -2.12. The van der Waals surface area contributed by atoms with Crippen LogP contribution in [0.25, 0.3) is 22.2 Å². The van der Waals surface area contributed by atoms with Gasteiger partial charge in [-0.25, -0.2) is 8.60 Å². The van der Waals surface area contributed by atoms with Gasteiger partial charge in [0.05, 0.1) is 11.3 Å². The van der Waals surface area contributed by atoms with Gasteiger partial charge in [-0.2, -0.15) is 0 Å². The molecular formula is C20H22BrFN2O2S. The van der Waals surface area contributed by atoms with E-state index in [0.29, 0.717) is 22.6 Å². The molecule has 2 aromatic rings. The second kappa shape index (κ2) is 8.71. The molecule has 0 spiro atoms. The third kappa shape index (κ3) is 4.42. The van der Waals surface area contributed by atoms with Gasteiger partial charge in [0.25, 0.3) is 0 Å². The van der Waals surface area contributed by atoms with Crippen molar-refractivity contribution >= 4 is 54.8 Å². The monoisotopic (exact) mass is 452 g/mol. The molecule has 1 heterocycles. The second-order valence-corrected chi connectivity index (χ2v) is 8.04. The molecule has 0 aliphatic heterocycles. The van der Waals surface area contributed by atoms with Crippen molar-refractivity contribution in [2.75, 3.05) is 24.7 Å². The predicted octanol–water partition coefficient (Wildman–Crippen LogP) is 5.56. The number of anilines is 1. The summed E-state index contributed by atoms with van der Waals surface area (Å²) >= 11 is 3.54. The Labute approximate surface area is 169 Å². The fourth-order valence-electron chi connectivity index (χ4n) is 2.49. The molecule has 1 N–H and O–H groups in total. The van der Waals surface area contributed by atoms with Crippen LogP contribution in [0.4, 0.5) is 10.1 Å². The van der Waals surface area contributed by atoms with Crippen molar-refractivity contribution in [2.45, 2.75) is 6.92 Å². The van der Waals surface area contributed by atoms with Gasteiger partial charge in [-0.05, 0) is 41.1 Å². The molecule has 1 unspecified atom stereocenters. The largest absolute Gasteiger partial charge is 0.455 e. The van der Waals surface area contributed by atoms with Crippen LogP contribution >= 0.6 is 15.9 Å². The Morgan fingerprint density at radius 3 is 2.59 bits per heavy atom. The third-order valence-electron chi connectivity index (χ3n) is 4.10. The molecule has 0 radical (unpaired) electrons. The van der Waals surface area contributed by atoms with Crippen LogP contribution in [0.15, 0.2) is 58.2 Å². The van der Waals surface area contributed by atoms with Gasteiger partial charge in [-0.15, -0.1) is 0 Å². The molecular weight excluding hydrogens is 431 g/mol. The smallest absolute Gasteiger partial charge is 0.144 e. The summed E-state index contributed by atoms with van der Waals surface area (Å²) in [7, 11) is 2.31. The first kappa shape index (κ1) is 21.2. The van der Waals surface area contributed by atoms with Crippen molar-refractivity contribution < 1.29 is 13.0 Å². The number of rotatable bonds is 7. The fraction of sp³-hybridized carbons (Fsp3) is 0.200.